The van der Waals surface area contributed by atoms with E-state index in [0.717, 1.165) is 48.1 Å². The van der Waals surface area contributed by atoms with Gasteiger partial charge in [0, 0.05) is 12.6 Å². The summed E-state index contributed by atoms with van der Waals surface area (Å²) in [5.74, 6) is 0.664. The highest BCUT2D eigenvalue weighted by molar-refractivity contribution is 5.88. The van der Waals surface area contributed by atoms with Gasteiger partial charge in [0.1, 0.15) is 11.8 Å². The van der Waals surface area contributed by atoms with Crippen molar-refractivity contribution in [3.8, 4) is 5.75 Å². The van der Waals surface area contributed by atoms with Crippen LogP contribution in [0.4, 0.5) is 0 Å². The number of methoxy groups -OCH3 is 1. The molecule has 172 valence electrons. The van der Waals surface area contributed by atoms with Crippen molar-refractivity contribution in [2.24, 2.45) is 0 Å². The topological polar surface area (TPSA) is 58.6 Å². The number of aryl methyl sites for hydroxylation is 1. The molecule has 1 atom stereocenters. The maximum atomic E-state index is 13.5. The number of nitrogens with one attached hydrogen (secondary N) is 1. The third-order valence-electron chi connectivity index (χ3n) is 6.26. The van der Waals surface area contributed by atoms with Gasteiger partial charge in [-0.15, -0.1) is 0 Å². The van der Waals surface area contributed by atoms with Gasteiger partial charge in [0.2, 0.25) is 11.8 Å². The molecule has 0 radical (unpaired) electrons. The summed E-state index contributed by atoms with van der Waals surface area (Å²) >= 11 is 0. The molecule has 32 heavy (non-hydrogen) atoms. The molecule has 0 aromatic heterocycles. The van der Waals surface area contributed by atoms with Crippen LogP contribution in [0, 0.1) is 6.92 Å². The molecule has 5 heteroatoms. The molecule has 0 heterocycles. The molecule has 3 rings (SSSR count). The van der Waals surface area contributed by atoms with Gasteiger partial charge in [-0.3, -0.25) is 9.59 Å². The first-order valence-electron chi connectivity index (χ1n) is 11.8. The Kier molecular flexibility index (Phi) is 8.72. The predicted octanol–water partition coefficient (Wildman–Crippen LogP) is 4.80. The molecule has 2 aromatic carbocycles. The van der Waals surface area contributed by atoms with Crippen LogP contribution in [0.5, 0.6) is 5.75 Å². The van der Waals surface area contributed by atoms with Crippen molar-refractivity contribution in [2.45, 2.75) is 77.4 Å². The maximum absolute atomic E-state index is 13.5. The van der Waals surface area contributed by atoms with Crippen molar-refractivity contribution in [2.75, 3.05) is 7.11 Å². The fraction of sp³-hybridized carbons (Fsp3) is 0.481. The van der Waals surface area contributed by atoms with Crippen LogP contribution in [0.2, 0.25) is 0 Å². The summed E-state index contributed by atoms with van der Waals surface area (Å²) in [6.07, 6.45) is 6.44. The summed E-state index contributed by atoms with van der Waals surface area (Å²) in [4.78, 5) is 28.5. The molecule has 1 aliphatic carbocycles. The van der Waals surface area contributed by atoms with Gasteiger partial charge in [-0.05, 0) is 49.4 Å². The second-order valence-corrected chi connectivity index (χ2v) is 8.81. The molecule has 0 aliphatic heterocycles. The standard InChI is InChI=1S/C27H36N2O3/c1-4-25(27(31)28-23-13-6-5-7-14-23)29(19-22-12-9-15-24(17-22)32-3)26(30)18-21-11-8-10-20(2)16-21/h8-12,15-17,23,25H,4-7,13-14,18-19H2,1-3H3,(H,28,31)/t25-/m0/s1. The number of hydrogen-bond acceptors (Lipinski definition) is 3. The molecule has 1 saturated carbocycles. The minimum atomic E-state index is -0.500. The van der Waals surface area contributed by atoms with Crippen LogP contribution in [0.3, 0.4) is 0 Å². The average molecular weight is 437 g/mol. The van der Waals surface area contributed by atoms with Crippen molar-refractivity contribution in [1.82, 2.24) is 10.2 Å². The van der Waals surface area contributed by atoms with E-state index in [1.54, 1.807) is 12.0 Å². The first-order chi connectivity index (χ1) is 15.5. The number of nitrogens with zero attached hydrogens (tertiary/aromatic N) is 1. The first-order valence-corrected chi connectivity index (χ1v) is 11.8. The van der Waals surface area contributed by atoms with Crippen LogP contribution in [-0.4, -0.2) is 35.9 Å². The van der Waals surface area contributed by atoms with Gasteiger partial charge in [0.25, 0.3) is 0 Å². The third-order valence-corrected chi connectivity index (χ3v) is 6.26. The highest BCUT2D eigenvalue weighted by Gasteiger charge is 2.30. The second-order valence-electron chi connectivity index (χ2n) is 8.81. The predicted molar refractivity (Wildman–Crippen MR) is 128 cm³/mol. The molecule has 0 spiro atoms. The lowest BCUT2D eigenvalue weighted by Crippen LogP contribution is -2.51. The van der Waals surface area contributed by atoms with Crippen molar-refractivity contribution in [3.63, 3.8) is 0 Å². The summed E-state index contributed by atoms with van der Waals surface area (Å²) in [7, 11) is 1.63. The zero-order valence-corrected chi connectivity index (χ0v) is 19.6. The van der Waals surface area contributed by atoms with E-state index in [1.807, 2.05) is 62.4 Å². The molecule has 1 fully saturated rings. The van der Waals surface area contributed by atoms with Gasteiger partial charge in [0.15, 0.2) is 0 Å². The monoisotopic (exact) mass is 436 g/mol. The van der Waals surface area contributed by atoms with E-state index in [-0.39, 0.29) is 24.3 Å². The smallest absolute Gasteiger partial charge is 0.243 e. The van der Waals surface area contributed by atoms with Gasteiger partial charge in [-0.2, -0.15) is 0 Å². The number of benzene rings is 2. The highest BCUT2D eigenvalue weighted by atomic mass is 16.5. The normalized spacial score (nSPS) is 15.1. The number of carbonyl (C=O) groups is 2. The molecular weight excluding hydrogens is 400 g/mol. The summed E-state index contributed by atoms with van der Waals surface area (Å²) in [6, 6.07) is 15.4. The molecule has 0 saturated heterocycles. The van der Waals surface area contributed by atoms with E-state index in [2.05, 4.69) is 5.32 Å². The first kappa shape index (κ1) is 23.8. The van der Waals surface area contributed by atoms with E-state index in [1.165, 1.54) is 6.42 Å². The SMILES string of the molecule is CC[C@@H](C(=O)NC1CCCCC1)N(Cc1cccc(OC)c1)C(=O)Cc1cccc(C)c1. The van der Waals surface area contributed by atoms with Gasteiger partial charge in [0.05, 0.1) is 13.5 Å². The lowest BCUT2D eigenvalue weighted by molar-refractivity contribution is -0.141. The maximum Gasteiger partial charge on any atom is 0.243 e. The zero-order valence-electron chi connectivity index (χ0n) is 19.6. The zero-order chi connectivity index (χ0) is 22.9. The van der Waals surface area contributed by atoms with Crippen LogP contribution in [-0.2, 0) is 22.6 Å². The van der Waals surface area contributed by atoms with Crippen LogP contribution in [0.15, 0.2) is 48.5 Å². The van der Waals surface area contributed by atoms with E-state index in [4.69, 9.17) is 4.74 Å². The lowest BCUT2D eigenvalue weighted by atomic mass is 9.95. The Bertz CT molecular complexity index is 905. The Morgan fingerprint density at radius 3 is 2.47 bits per heavy atom. The number of carbonyl (C=O) groups excluding carboxylic acids is 2. The largest absolute Gasteiger partial charge is 0.497 e. The summed E-state index contributed by atoms with van der Waals surface area (Å²) in [5, 5.41) is 3.23. The van der Waals surface area contributed by atoms with E-state index < -0.39 is 6.04 Å². The number of hydrogen-bond donors (Lipinski definition) is 1. The number of rotatable bonds is 9. The Hall–Kier alpha value is -2.82. The van der Waals surface area contributed by atoms with E-state index in [9.17, 15) is 9.59 Å². The Morgan fingerprint density at radius 2 is 1.78 bits per heavy atom. The summed E-state index contributed by atoms with van der Waals surface area (Å²) in [6.45, 7) is 4.37. The van der Waals surface area contributed by atoms with Crippen molar-refractivity contribution in [1.29, 1.82) is 0 Å². The van der Waals surface area contributed by atoms with Crippen molar-refractivity contribution < 1.29 is 14.3 Å². The fourth-order valence-electron chi connectivity index (χ4n) is 4.53. The molecule has 2 amide bonds. The summed E-state index contributed by atoms with van der Waals surface area (Å²) < 4.78 is 5.36. The Labute approximate surface area is 192 Å². The van der Waals surface area contributed by atoms with Crippen LogP contribution in [0.25, 0.3) is 0 Å². The van der Waals surface area contributed by atoms with Crippen molar-refractivity contribution >= 4 is 11.8 Å². The quantitative estimate of drug-likeness (QED) is 0.614. The molecule has 5 nitrogen and oxygen atoms in total. The minimum absolute atomic E-state index is 0.0379. The number of ether oxygens (including phenoxy) is 1. The van der Waals surface area contributed by atoms with E-state index in [0.29, 0.717) is 13.0 Å². The number of amides is 2. The van der Waals surface area contributed by atoms with E-state index >= 15 is 0 Å². The summed E-state index contributed by atoms with van der Waals surface area (Å²) in [5.41, 5.74) is 3.04. The minimum Gasteiger partial charge on any atom is -0.497 e. The molecule has 1 N–H and O–H groups in total. The molecule has 2 aromatic rings. The Morgan fingerprint density at radius 1 is 1.06 bits per heavy atom. The van der Waals surface area contributed by atoms with Crippen LogP contribution < -0.4 is 10.1 Å². The molecule has 0 unspecified atom stereocenters. The molecule has 0 bridgehead atoms. The second kappa shape index (κ2) is 11.7. The molecular formula is C27H36N2O3. The van der Waals surface area contributed by atoms with Crippen LogP contribution >= 0.6 is 0 Å². The Balaban J connectivity index is 1.82. The fourth-order valence-corrected chi connectivity index (χ4v) is 4.53. The highest BCUT2D eigenvalue weighted by Crippen LogP contribution is 2.21. The van der Waals surface area contributed by atoms with Gasteiger partial charge in [-0.1, -0.05) is 68.1 Å². The molecule has 1 aliphatic rings. The van der Waals surface area contributed by atoms with Gasteiger partial charge < -0.3 is 15.0 Å². The third kappa shape index (κ3) is 6.59. The average Bonchev–Trinajstić information content (AvgIpc) is 2.79. The van der Waals surface area contributed by atoms with Gasteiger partial charge >= 0.3 is 0 Å². The lowest BCUT2D eigenvalue weighted by Gasteiger charge is -2.33. The van der Waals surface area contributed by atoms with Crippen LogP contribution in [0.1, 0.15) is 62.1 Å². The van der Waals surface area contributed by atoms with Gasteiger partial charge in [-0.25, -0.2) is 0 Å². The van der Waals surface area contributed by atoms with Crippen molar-refractivity contribution in [3.05, 3.63) is 65.2 Å².